The number of ether oxygens (including phenoxy) is 1. The second-order valence-electron chi connectivity index (χ2n) is 6.31. The van der Waals surface area contributed by atoms with Crippen molar-refractivity contribution < 1.29 is 14.3 Å². The first-order chi connectivity index (χ1) is 12.0. The van der Waals surface area contributed by atoms with Crippen LogP contribution in [0.15, 0.2) is 30.3 Å². The number of rotatable bonds is 4. The minimum atomic E-state index is -0.591. The van der Waals surface area contributed by atoms with Crippen LogP contribution in [0.1, 0.15) is 30.3 Å². The molecule has 1 aromatic heterocycles. The highest BCUT2D eigenvalue weighted by molar-refractivity contribution is 6.30. The van der Waals surface area contributed by atoms with Crippen molar-refractivity contribution in [3.8, 4) is 11.3 Å². The fourth-order valence-corrected chi connectivity index (χ4v) is 2.88. The second kappa shape index (κ2) is 7.70. The summed E-state index contributed by atoms with van der Waals surface area (Å²) in [4.78, 5) is 26.0. The lowest BCUT2D eigenvalue weighted by Gasteiger charge is -2.30. The number of likely N-dealkylation sites (tertiary alicyclic amines) is 1. The van der Waals surface area contributed by atoms with E-state index < -0.39 is 5.97 Å². The van der Waals surface area contributed by atoms with Gasteiger partial charge in [-0.05, 0) is 37.0 Å². The number of nitrogens with zero attached hydrogens (tertiary/aromatic N) is 2. The number of hydrogen-bond donors (Lipinski definition) is 1. The van der Waals surface area contributed by atoms with Crippen LogP contribution in [0.5, 0.6) is 0 Å². The molecule has 0 atom stereocenters. The van der Waals surface area contributed by atoms with Crippen molar-refractivity contribution in [2.24, 2.45) is 5.92 Å². The number of carbonyl (C=O) groups is 2. The maximum absolute atomic E-state index is 12.1. The zero-order chi connectivity index (χ0) is 17.8. The van der Waals surface area contributed by atoms with Crippen molar-refractivity contribution in [1.29, 1.82) is 0 Å². The van der Waals surface area contributed by atoms with Crippen LogP contribution in [-0.4, -0.2) is 46.7 Å². The minimum Gasteiger partial charge on any atom is -0.451 e. The normalized spacial score (nSPS) is 15.2. The molecular weight excluding hydrogens is 342 g/mol. The number of aromatic amines is 1. The molecule has 6 nitrogen and oxygen atoms in total. The highest BCUT2D eigenvalue weighted by Gasteiger charge is 2.22. The molecule has 25 heavy (non-hydrogen) atoms. The summed E-state index contributed by atoms with van der Waals surface area (Å²) in [5.41, 5.74) is 1.66. The van der Waals surface area contributed by atoms with Crippen molar-refractivity contribution in [1.82, 2.24) is 15.1 Å². The molecule has 0 bridgehead atoms. The first kappa shape index (κ1) is 17.5. The van der Waals surface area contributed by atoms with Crippen LogP contribution in [0.4, 0.5) is 0 Å². The maximum Gasteiger partial charge on any atom is 0.356 e. The number of halogens is 1. The molecule has 0 spiro atoms. The van der Waals surface area contributed by atoms with Crippen molar-refractivity contribution in [3.05, 3.63) is 41.0 Å². The van der Waals surface area contributed by atoms with E-state index in [1.165, 1.54) is 0 Å². The van der Waals surface area contributed by atoms with Crippen molar-refractivity contribution in [2.45, 2.75) is 19.8 Å². The van der Waals surface area contributed by atoms with E-state index in [2.05, 4.69) is 17.1 Å². The van der Waals surface area contributed by atoms with Crippen LogP contribution in [0, 0.1) is 5.92 Å². The van der Waals surface area contributed by atoms with E-state index in [9.17, 15) is 9.59 Å². The Morgan fingerprint density at radius 3 is 2.64 bits per heavy atom. The molecular formula is C18H20ClN3O3. The highest BCUT2D eigenvalue weighted by Crippen LogP contribution is 2.20. The summed E-state index contributed by atoms with van der Waals surface area (Å²) in [6.07, 6.45) is 1.98. The lowest BCUT2D eigenvalue weighted by Crippen LogP contribution is -2.40. The van der Waals surface area contributed by atoms with E-state index in [-0.39, 0.29) is 18.2 Å². The standard InChI is InChI=1S/C18H20ClN3O3/c1-12-6-8-22(9-7-12)17(23)11-25-18(24)16-10-15(20-21-16)13-2-4-14(19)5-3-13/h2-5,10,12H,6-9,11H2,1H3,(H,20,21). The summed E-state index contributed by atoms with van der Waals surface area (Å²) in [6.45, 7) is 3.38. The lowest BCUT2D eigenvalue weighted by atomic mass is 9.99. The molecule has 2 heterocycles. The summed E-state index contributed by atoms with van der Waals surface area (Å²) >= 11 is 5.86. The molecule has 1 aliphatic heterocycles. The topological polar surface area (TPSA) is 75.3 Å². The Morgan fingerprint density at radius 2 is 1.96 bits per heavy atom. The number of piperidine rings is 1. The molecule has 0 aliphatic carbocycles. The summed E-state index contributed by atoms with van der Waals surface area (Å²) < 4.78 is 5.12. The summed E-state index contributed by atoms with van der Waals surface area (Å²) in [7, 11) is 0. The van der Waals surface area contributed by atoms with Gasteiger partial charge in [-0.25, -0.2) is 4.79 Å². The molecule has 0 saturated carbocycles. The smallest absolute Gasteiger partial charge is 0.356 e. The van der Waals surface area contributed by atoms with Crippen molar-refractivity contribution >= 4 is 23.5 Å². The fourth-order valence-electron chi connectivity index (χ4n) is 2.75. The van der Waals surface area contributed by atoms with Gasteiger partial charge < -0.3 is 9.64 Å². The van der Waals surface area contributed by atoms with Crippen LogP contribution in [-0.2, 0) is 9.53 Å². The zero-order valence-electron chi connectivity index (χ0n) is 14.0. The van der Waals surface area contributed by atoms with Gasteiger partial charge in [0, 0.05) is 23.7 Å². The monoisotopic (exact) mass is 361 g/mol. The third-order valence-electron chi connectivity index (χ3n) is 4.40. The number of carbonyl (C=O) groups excluding carboxylic acids is 2. The average Bonchev–Trinajstić information content (AvgIpc) is 3.11. The summed E-state index contributed by atoms with van der Waals surface area (Å²) in [5.74, 6) is -0.105. The molecule has 1 saturated heterocycles. The van der Waals surface area contributed by atoms with Gasteiger partial charge in [-0.15, -0.1) is 0 Å². The number of nitrogens with one attached hydrogen (secondary N) is 1. The molecule has 1 amide bonds. The van der Waals surface area contributed by atoms with Gasteiger partial charge in [0.25, 0.3) is 5.91 Å². The van der Waals surface area contributed by atoms with E-state index in [1.807, 2.05) is 12.1 Å². The first-order valence-electron chi connectivity index (χ1n) is 8.29. The number of benzene rings is 1. The fraction of sp³-hybridized carbons (Fsp3) is 0.389. The van der Waals surface area contributed by atoms with E-state index >= 15 is 0 Å². The third kappa shape index (κ3) is 4.39. The van der Waals surface area contributed by atoms with E-state index in [1.54, 1.807) is 23.1 Å². The van der Waals surface area contributed by atoms with Gasteiger partial charge in [-0.1, -0.05) is 30.7 Å². The Labute approximate surface area is 151 Å². The highest BCUT2D eigenvalue weighted by atomic mass is 35.5. The lowest BCUT2D eigenvalue weighted by molar-refractivity contribution is -0.135. The SMILES string of the molecule is CC1CCN(C(=O)COC(=O)c2cc(-c3ccc(Cl)cc3)n[nH]2)CC1. The van der Waals surface area contributed by atoms with Gasteiger partial charge in [0.05, 0.1) is 5.69 Å². The van der Waals surface area contributed by atoms with E-state index in [4.69, 9.17) is 16.3 Å². The molecule has 1 aromatic carbocycles. The molecule has 2 aromatic rings. The first-order valence-corrected chi connectivity index (χ1v) is 8.67. The summed E-state index contributed by atoms with van der Waals surface area (Å²) in [6, 6.07) is 8.73. The average molecular weight is 362 g/mol. The largest absolute Gasteiger partial charge is 0.451 e. The number of aromatic nitrogens is 2. The zero-order valence-corrected chi connectivity index (χ0v) is 14.8. The Kier molecular flexibility index (Phi) is 5.38. The molecule has 1 N–H and O–H groups in total. The van der Waals surface area contributed by atoms with Crippen LogP contribution in [0.2, 0.25) is 5.02 Å². The Bertz CT molecular complexity index is 749. The van der Waals surface area contributed by atoms with Crippen molar-refractivity contribution in [3.63, 3.8) is 0 Å². The number of H-pyrrole nitrogens is 1. The molecule has 0 unspecified atom stereocenters. The molecule has 132 valence electrons. The maximum atomic E-state index is 12.1. The summed E-state index contributed by atoms with van der Waals surface area (Å²) in [5, 5.41) is 7.37. The Morgan fingerprint density at radius 1 is 1.28 bits per heavy atom. The predicted octanol–water partition coefficient (Wildman–Crippen LogP) is 3.15. The molecule has 3 rings (SSSR count). The van der Waals surface area contributed by atoms with Gasteiger partial charge in [0.2, 0.25) is 0 Å². The van der Waals surface area contributed by atoms with E-state index in [0.29, 0.717) is 16.6 Å². The second-order valence-corrected chi connectivity index (χ2v) is 6.75. The number of hydrogen-bond acceptors (Lipinski definition) is 4. The van der Waals surface area contributed by atoms with Gasteiger partial charge in [0.1, 0.15) is 5.69 Å². The van der Waals surface area contributed by atoms with Crippen LogP contribution >= 0.6 is 11.6 Å². The van der Waals surface area contributed by atoms with Gasteiger partial charge in [-0.3, -0.25) is 9.89 Å². The quantitative estimate of drug-likeness (QED) is 0.849. The molecule has 0 radical (unpaired) electrons. The van der Waals surface area contributed by atoms with Gasteiger partial charge in [0.15, 0.2) is 6.61 Å². The molecule has 1 fully saturated rings. The minimum absolute atomic E-state index is 0.155. The van der Waals surface area contributed by atoms with Gasteiger partial charge >= 0.3 is 5.97 Å². The molecule has 1 aliphatic rings. The van der Waals surface area contributed by atoms with Crippen LogP contribution in [0.3, 0.4) is 0 Å². The van der Waals surface area contributed by atoms with E-state index in [0.717, 1.165) is 31.5 Å². The number of esters is 1. The molecule has 7 heteroatoms. The Hall–Kier alpha value is -2.34. The van der Waals surface area contributed by atoms with Crippen LogP contribution in [0.25, 0.3) is 11.3 Å². The number of amides is 1. The Balaban J connectivity index is 1.55. The third-order valence-corrected chi connectivity index (χ3v) is 4.65. The van der Waals surface area contributed by atoms with Crippen molar-refractivity contribution in [2.75, 3.05) is 19.7 Å². The predicted molar refractivity (Wildman–Crippen MR) is 94.3 cm³/mol. The van der Waals surface area contributed by atoms with Gasteiger partial charge in [-0.2, -0.15) is 5.10 Å². The van der Waals surface area contributed by atoms with Crippen LogP contribution < -0.4 is 0 Å².